The van der Waals surface area contributed by atoms with Crippen molar-refractivity contribution in [1.29, 1.82) is 0 Å². The molecule has 0 fully saturated rings. The van der Waals surface area contributed by atoms with Crippen molar-refractivity contribution in [3.8, 4) is 0 Å². The van der Waals surface area contributed by atoms with Crippen LogP contribution in [0.3, 0.4) is 0 Å². The van der Waals surface area contributed by atoms with E-state index >= 15 is 0 Å². The highest BCUT2D eigenvalue weighted by molar-refractivity contribution is 5.92. The van der Waals surface area contributed by atoms with Crippen LogP contribution in [0.5, 0.6) is 0 Å². The third-order valence-corrected chi connectivity index (χ3v) is 2.51. The quantitative estimate of drug-likeness (QED) is 0.908. The average Bonchev–Trinajstić information content (AvgIpc) is 2.73. The molecule has 1 aromatic heterocycles. The van der Waals surface area contributed by atoms with Crippen LogP contribution in [0, 0.1) is 0 Å². The van der Waals surface area contributed by atoms with E-state index < -0.39 is 0 Å². The summed E-state index contributed by atoms with van der Waals surface area (Å²) >= 11 is 0. The monoisotopic (exact) mass is 275 g/mol. The third-order valence-electron chi connectivity index (χ3n) is 2.51. The van der Waals surface area contributed by atoms with Crippen molar-refractivity contribution in [2.45, 2.75) is 26.2 Å². The van der Waals surface area contributed by atoms with Crippen LogP contribution in [0.25, 0.3) is 0 Å². The maximum atomic E-state index is 12.0. The maximum absolute atomic E-state index is 12.0. The molecule has 0 aliphatic carbocycles. The lowest BCUT2D eigenvalue weighted by Gasteiger charge is -2.15. The highest BCUT2D eigenvalue weighted by Gasteiger charge is 2.23. The first-order chi connectivity index (χ1) is 7.86. The van der Waals surface area contributed by atoms with Gasteiger partial charge < -0.3 is 14.7 Å². The van der Waals surface area contributed by atoms with Crippen LogP contribution in [0.15, 0.2) is 10.6 Å². The van der Waals surface area contributed by atoms with Crippen LogP contribution in [0.1, 0.15) is 37.0 Å². The fourth-order valence-corrected chi connectivity index (χ4v) is 1.31. The van der Waals surface area contributed by atoms with Gasteiger partial charge in [0.25, 0.3) is 5.91 Å². The fourth-order valence-electron chi connectivity index (χ4n) is 1.31. The molecular formula is C12H22ClN3O2. The van der Waals surface area contributed by atoms with Gasteiger partial charge in [0.05, 0.1) is 0 Å². The molecule has 104 valence electrons. The van der Waals surface area contributed by atoms with E-state index in [2.05, 4.69) is 10.5 Å². The van der Waals surface area contributed by atoms with Gasteiger partial charge in [-0.15, -0.1) is 12.4 Å². The average molecular weight is 276 g/mol. The number of nitrogens with one attached hydrogen (secondary N) is 1. The van der Waals surface area contributed by atoms with Gasteiger partial charge in [-0.3, -0.25) is 4.79 Å². The summed E-state index contributed by atoms with van der Waals surface area (Å²) in [4.78, 5) is 13.6. The number of rotatable bonds is 4. The van der Waals surface area contributed by atoms with Gasteiger partial charge in [-0.05, 0) is 7.05 Å². The number of nitrogens with zero attached hydrogens (tertiary/aromatic N) is 2. The topological polar surface area (TPSA) is 58.4 Å². The van der Waals surface area contributed by atoms with E-state index in [1.165, 1.54) is 0 Å². The van der Waals surface area contributed by atoms with E-state index in [-0.39, 0.29) is 23.7 Å². The van der Waals surface area contributed by atoms with Gasteiger partial charge in [-0.1, -0.05) is 25.9 Å². The molecule has 1 aromatic rings. The highest BCUT2D eigenvalue weighted by Crippen LogP contribution is 2.22. The summed E-state index contributed by atoms with van der Waals surface area (Å²) in [6.45, 7) is 7.46. The molecule has 1 rings (SSSR count). The van der Waals surface area contributed by atoms with Crippen LogP contribution in [-0.2, 0) is 5.41 Å². The fraction of sp³-hybridized carbons (Fsp3) is 0.667. The molecule has 0 unspecified atom stereocenters. The number of likely N-dealkylation sites (N-methyl/N-ethyl adjacent to an activating group) is 2. The minimum absolute atomic E-state index is 0. The second-order valence-electron chi connectivity index (χ2n) is 5.16. The first-order valence-corrected chi connectivity index (χ1v) is 5.73. The largest absolute Gasteiger partial charge is 0.360 e. The second kappa shape index (κ2) is 6.75. The zero-order valence-electron chi connectivity index (χ0n) is 11.6. The molecule has 1 N–H and O–H groups in total. The van der Waals surface area contributed by atoms with Gasteiger partial charge in [0.2, 0.25) is 0 Å². The number of aromatic nitrogens is 1. The Labute approximate surface area is 114 Å². The number of hydrogen-bond donors (Lipinski definition) is 1. The van der Waals surface area contributed by atoms with Gasteiger partial charge in [0.15, 0.2) is 5.69 Å². The Bertz CT molecular complexity index is 385. The van der Waals surface area contributed by atoms with Crippen molar-refractivity contribution in [2.75, 3.05) is 27.2 Å². The molecule has 6 heteroatoms. The number of amides is 1. The molecule has 0 aliphatic rings. The van der Waals surface area contributed by atoms with E-state index in [0.717, 1.165) is 12.3 Å². The molecule has 1 heterocycles. The van der Waals surface area contributed by atoms with Gasteiger partial charge in [0.1, 0.15) is 5.76 Å². The summed E-state index contributed by atoms with van der Waals surface area (Å²) < 4.78 is 5.19. The molecule has 0 aromatic carbocycles. The Morgan fingerprint density at radius 2 is 2.11 bits per heavy atom. The first kappa shape index (κ1) is 16.9. The van der Waals surface area contributed by atoms with Crippen molar-refractivity contribution in [3.63, 3.8) is 0 Å². The summed E-state index contributed by atoms with van der Waals surface area (Å²) in [6.07, 6.45) is 0. The Hall–Kier alpha value is -1.07. The van der Waals surface area contributed by atoms with Crippen LogP contribution in [0.4, 0.5) is 0 Å². The Morgan fingerprint density at radius 1 is 1.50 bits per heavy atom. The first-order valence-electron chi connectivity index (χ1n) is 5.73. The summed E-state index contributed by atoms with van der Waals surface area (Å²) in [5, 5.41) is 6.82. The van der Waals surface area contributed by atoms with Gasteiger partial charge >= 0.3 is 0 Å². The molecule has 5 nitrogen and oxygen atoms in total. The van der Waals surface area contributed by atoms with Gasteiger partial charge in [0, 0.05) is 31.6 Å². The van der Waals surface area contributed by atoms with Crippen LogP contribution in [0.2, 0.25) is 0 Å². The number of carbonyl (C=O) groups is 1. The molecule has 0 radical (unpaired) electrons. The van der Waals surface area contributed by atoms with Crippen molar-refractivity contribution >= 4 is 18.3 Å². The molecule has 18 heavy (non-hydrogen) atoms. The van der Waals surface area contributed by atoms with E-state index in [9.17, 15) is 4.79 Å². The van der Waals surface area contributed by atoms with Crippen molar-refractivity contribution in [2.24, 2.45) is 0 Å². The Kier molecular flexibility index (Phi) is 6.35. The van der Waals surface area contributed by atoms with Crippen LogP contribution < -0.4 is 5.32 Å². The van der Waals surface area contributed by atoms with Crippen LogP contribution in [-0.4, -0.2) is 43.1 Å². The van der Waals surface area contributed by atoms with Crippen molar-refractivity contribution in [3.05, 3.63) is 17.5 Å². The maximum Gasteiger partial charge on any atom is 0.275 e. The Balaban J connectivity index is 0.00000289. The minimum atomic E-state index is -0.130. The Morgan fingerprint density at radius 3 is 2.56 bits per heavy atom. The smallest absolute Gasteiger partial charge is 0.275 e. The lowest BCUT2D eigenvalue weighted by molar-refractivity contribution is 0.0786. The number of hydrogen-bond acceptors (Lipinski definition) is 4. The molecule has 0 spiro atoms. The molecule has 0 saturated carbocycles. The predicted molar refractivity (Wildman–Crippen MR) is 73.3 cm³/mol. The van der Waals surface area contributed by atoms with Crippen molar-refractivity contribution in [1.82, 2.24) is 15.4 Å². The highest BCUT2D eigenvalue weighted by atomic mass is 35.5. The minimum Gasteiger partial charge on any atom is -0.360 e. The molecule has 0 atom stereocenters. The van der Waals surface area contributed by atoms with Crippen molar-refractivity contribution < 1.29 is 9.32 Å². The van der Waals surface area contributed by atoms with E-state index in [1.54, 1.807) is 18.0 Å². The zero-order chi connectivity index (χ0) is 13.1. The van der Waals surface area contributed by atoms with Gasteiger partial charge in [-0.2, -0.15) is 0 Å². The SMILES string of the molecule is CNCCN(C)C(=O)c1cc(C(C)(C)C)on1.Cl. The normalized spacial score (nSPS) is 10.9. The predicted octanol–water partition coefficient (Wildman–Crippen LogP) is 1.69. The molecule has 0 bridgehead atoms. The number of halogens is 1. The van der Waals surface area contributed by atoms with Crippen LogP contribution >= 0.6 is 12.4 Å². The standard InChI is InChI=1S/C12H21N3O2.ClH/c1-12(2,3)10-8-9(14-17-10)11(16)15(5)7-6-13-4;/h8,13H,6-7H2,1-5H3;1H. The number of carbonyl (C=O) groups excluding carboxylic acids is 1. The van der Waals surface area contributed by atoms with E-state index in [4.69, 9.17) is 4.52 Å². The molecule has 0 saturated heterocycles. The van der Waals surface area contributed by atoms with E-state index in [1.807, 2.05) is 27.8 Å². The molecule has 0 aliphatic heterocycles. The summed E-state index contributed by atoms with van der Waals surface area (Å²) in [5.41, 5.74) is 0.239. The lowest BCUT2D eigenvalue weighted by Crippen LogP contribution is -2.32. The molecule has 1 amide bonds. The van der Waals surface area contributed by atoms with E-state index in [0.29, 0.717) is 12.2 Å². The third kappa shape index (κ3) is 4.31. The molecular weight excluding hydrogens is 254 g/mol. The van der Waals surface area contributed by atoms with Gasteiger partial charge in [-0.25, -0.2) is 0 Å². The summed E-state index contributed by atoms with van der Waals surface area (Å²) in [6, 6.07) is 1.72. The zero-order valence-corrected chi connectivity index (χ0v) is 12.4. The second-order valence-corrected chi connectivity index (χ2v) is 5.16. The summed E-state index contributed by atoms with van der Waals surface area (Å²) in [5.74, 6) is 0.613. The summed E-state index contributed by atoms with van der Waals surface area (Å²) in [7, 11) is 3.61. The lowest BCUT2D eigenvalue weighted by atomic mass is 9.93.